The predicted octanol–water partition coefficient (Wildman–Crippen LogP) is 6.14. The third kappa shape index (κ3) is 7.20. The average Bonchev–Trinajstić information content (AvgIpc) is 3.62. The van der Waals surface area contributed by atoms with Crippen LogP contribution in [0, 0.1) is 30.5 Å². The summed E-state index contributed by atoms with van der Waals surface area (Å²) in [5, 5.41) is 10.0. The van der Waals surface area contributed by atoms with Gasteiger partial charge < -0.3 is 10.0 Å². The molecular formula is C32H43FN2O2. The van der Waals surface area contributed by atoms with Gasteiger partial charge in [0.2, 0.25) is 0 Å². The molecule has 1 saturated carbocycles. The Balaban J connectivity index is 1.16. The molecule has 1 N–H and O–H groups in total. The highest BCUT2D eigenvalue weighted by Crippen LogP contribution is 2.39. The van der Waals surface area contributed by atoms with Gasteiger partial charge in [-0.1, -0.05) is 61.2 Å². The van der Waals surface area contributed by atoms with E-state index in [0.29, 0.717) is 17.8 Å². The highest BCUT2D eigenvalue weighted by Gasteiger charge is 2.42. The largest absolute Gasteiger partial charge is 0.480 e. The predicted molar refractivity (Wildman–Crippen MR) is 146 cm³/mol. The van der Waals surface area contributed by atoms with E-state index in [4.69, 9.17) is 0 Å². The summed E-state index contributed by atoms with van der Waals surface area (Å²) in [6.45, 7) is 7.25. The maximum atomic E-state index is 13.1. The van der Waals surface area contributed by atoms with Crippen molar-refractivity contribution in [3.63, 3.8) is 0 Å². The topological polar surface area (TPSA) is 43.8 Å². The summed E-state index contributed by atoms with van der Waals surface area (Å²) in [4.78, 5) is 17.1. The lowest BCUT2D eigenvalue weighted by atomic mass is 9.86. The molecule has 5 heteroatoms. The molecule has 2 heterocycles. The van der Waals surface area contributed by atoms with Crippen LogP contribution >= 0.6 is 0 Å². The number of halogens is 1. The monoisotopic (exact) mass is 506 g/mol. The van der Waals surface area contributed by atoms with Crippen LogP contribution in [-0.4, -0.2) is 59.6 Å². The number of nitrogens with zero attached hydrogens (tertiary/aromatic N) is 2. The number of likely N-dealkylation sites (tertiary alicyclic amines) is 2. The van der Waals surface area contributed by atoms with Gasteiger partial charge in [-0.05, 0) is 93.1 Å². The van der Waals surface area contributed by atoms with E-state index in [0.717, 1.165) is 51.5 Å². The Hall–Kier alpha value is -2.24. The number of aliphatic carboxylic acids is 1. The van der Waals surface area contributed by atoms with Crippen LogP contribution < -0.4 is 0 Å². The van der Waals surface area contributed by atoms with Gasteiger partial charge in [0.1, 0.15) is 11.9 Å². The van der Waals surface area contributed by atoms with Crippen LogP contribution in [0.15, 0.2) is 48.5 Å². The summed E-state index contributed by atoms with van der Waals surface area (Å²) in [7, 11) is 0. The van der Waals surface area contributed by atoms with Gasteiger partial charge in [0.05, 0.1) is 0 Å². The van der Waals surface area contributed by atoms with Crippen molar-refractivity contribution in [2.75, 3.05) is 32.7 Å². The van der Waals surface area contributed by atoms with Gasteiger partial charge in [-0.2, -0.15) is 0 Å². The van der Waals surface area contributed by atoms with Gasteiger partial charge in [0.25, 0.3) is 0 Å². The molecule has 1 aliphatic carbocycles. The van der Waals surface area contributed by atoms with E-state index in [1.54, 1.807) is 12.1 Å². The lowest BCUT2D eigenvalue weighted by Crippen LogP contribution is -2.41. The number of carboxylic acid groups (broad SMARTS) is 1. The quantitative estimate of drug-likeness (QED) is 0.398. The summed E-state index contributed by atoms with van der Waals surface area (Å²) >= 11 is 0. The number of aryl methyl sites for hydroxylation is 2. The van der Waals surface area contributed by atoms with Crippen LogP contribution in [0.2, 0.25) is 0 Å². The van der Waals surface area contributed by atoms with Crippen molar-refractivity contribution in [3.8, 4) is 0 Å². The van der Waals surface area contributed by atoms with Crippen LogP contribution in [0.1, 0.15) is 67.6 Å². The Kier molecular flexibility index (Phi) is 8.61. The number of carboxylic acids is 1. The zero-order valence-corrected chi connectivity index (χ0v) is 22.3. The summed E-state index contributed by atoms with van der Waals surface area (Å²) in [5.41, 5.74) is 3.89. The molecule has 37 heavy (non-hydrogen) atoms. The fourth-order valence-electron chi connectivity index (χ4n) is 6.73. The standard InChI is InChI=1S/C32H43FN2O2/c1-23-4-2-7-27(18-23)30-22-35(31(32(36)37)19-26-8-9-26)21-28(30)20-34-16-14-25(15-17-34)6-3-5-24-10-12-29(33)13-11-24/h2,4,7,10-13,18,25-26,28,30-31H,3,5-6,8-9,14-17,19-22H2,1H3,(H,36,37)/t28-,30+,31+/m0/s1. The van der Waals surface area contributed by atoms with Crippen molar-refractivity contribution < 1.29 is 14.3 Å². The average molecular weight is 507 g/mol. The maximum absolute atomic E-state index is 13.1. The molecule has 5 rings (SSSR count). The van der Waals surface area contributed by atoms with E-state index in [-0.39, 0.29) is 11.9 Å². The molecule has 3 fully saturated rings. The molecule has 2 aromatic carbocycles. The Morgan fingerprint density at radius 3 is 2.46 bits per heavy atom. The maximum Gasteiger partial charge on any atom is 0.320 e. The summed E-state index contributed by atoms with van der Waals surface area (Å²) in [6, 6.07) is 15.5. The van der Waals surface area contributed by atoms with Crippen molar-refractivity contribution >= 4 is 5.97 Å². The lowest BCUT2D eigenvalue weighted by Gasteiger charge is -2.35. The highest BCUT2D eigenvalue weighted by atomic mass is 19.1. The van der Waals surface area contributed by atoms with E-state index in [9.17, 15) is 14.3 Å². The molecule has 0 radical (unpaired) electrons. The number of piperidine rings is 1. The van der Waals surface area contributed by atoms with Crippen LogP contribution in [0.4, 0.5) is 4.39 Å². The molecule has 200 valence electrons. The van der Waals surface area contributed by atoms with Crippen LogP contribution in [0.25, 0.3) is 0 Å². The molecule has 0 aromatic heterocycles. The first kappa shape index (κ1) is 26.4. The SMILES string of the molecule is Cc1cccc([C@H]2CN([C@H](CC3CC3)C(=O)O)C[C@@H]2CN2CCC(CCCc3ccc(F)cc3)CC2)c1. The van der Waals surface area contributed by atoms with E-state index in [1.807, 2.05) is 12.1 Å². The Bertz CT molecular complexity index is 1030. The molecule has 2 saturated heterocycles. The molecule has 4 nitrogen and oxygen atoms in total. The number of hydrogen-bond donors (Lipinski definition) is 1. The Labute approximate surface area is 221 Å². The van der Waals surface area contributed by atoms with E-state index >= 15 is 0 Å². The van der Waals surface area contributed by atoms with Gasteiger partial charge in [-0.15, -0.1) is 0 Å². The van der Waals surface area contributed by atoms with Crippen LogP contribution in [0.5, 0.6) is 0 Å². The van der Waals surface area contributed by atoms with E-state index in [1.165, 1.54) is 55.2 Å². The number of benzene rings is 2. The smallest absolute Gasteiger partial charge is 0.320 e. The highest BCUT2D eigenvalue weighted by molar-refractivity contribution is 5.73. The van der Waals surface area contributed by atoms with Crippen LogP contribution in [0.3, 0.4) is 0 Å². The molecule has 0 bridgehead atoms. The van der Waals surface area contributed by atoms with Gasteiger partial charge in [-0.3, -0.25) is 9.69 Å². The second-order valence-electron chi connectivity index (χ2n) is 12.0. The van der Waals surface area contributed by atoms with Crippen molar-refractivity contribution in [1.82, 2.24) is 9.80 Å². The summed E-state index contributed by atoms with van der Waals surface area (Å²) < 4.78 is 13.1. The summed E-state index contributed by atoms with van der Waals surface area (Å²) in [6.07, 6.45) is 9.13. The zero-order chi connectivity index (χ0) is 25.8. The molecule has 3 atom stereocenters. The minimum absolute atomic E-state index is 0.160. The molecular weight excluding hydrogens is 463 g/mol. The minimum Gasteiger partial charge on any atom is -0.480 e. The molecule has 2 aromatic rings. The van der Waals surface area contributed by atoms with Gasteiger partial charge >= 0.3 is 5.97 Å². The van der Waals surface area contributed by atoms with E-state index in [2.05, 4.69) is 41.0 Å². The minimum atomic E-state index is -0.642. The van der Waals surface area contributed by atoms with Crippen molar-refractivity contribution in [2.45, 2.75) is 70.3 Å². The van der Waals surface area contributed by atoms with Gasteiger partial charge in [0, 0.05) is 25.6 Å². The molecule has 2 aliphatic heterocycles. The third-order valence-corrected chi connectivity index (χ3v) is 9.11. The normalized spacial score (nSPS) is 24.4. The molecule has 0 unspecified atom stereocenters. The Morgan fingerprint density at radius 1 is 1.03 bits per heavy atom. The number of hydrogen-bond acceptors (Lipinski definition) is 3. The first-order valence-corrected chi connectivity index (χ1v) is 14.4. The van der Waals surface area contributed by atoms with E-state index < -0.39 is 5.97 Å². The molecule has 3 aliphatic rings. The lowest BCUT2D eigenvalue weighted by molar-refractivity contribution is -0.143. The van der Waals surface area contributed by atoms with Crippen molar-refractivity contribution in [1.29, 1.82) is 0 Å². The fourth-order valence-corrected chi connectivity index (χ4v) is 6.73. The first-order chi connectivity index (χ1) is 17.9. The zero-order valence-electron chi connectivity index (χ0n) is 22.3. The second kappa shape index (κ2) is 12.1. The van der Waals surface area contributed by atoms with Gasteiger partial charge in [0.15, 0.2) is 0 Å². The van der Waals surface area contributed by atoms with Crippen molar-refractivity contribution in [3.05, 3.63) is 71.0 Å². The molecule has 0 amide bonds. The summed E-state index contributed by atoms with van der Waals surface area (Å²) in [5.74, 6) is 1.45. The van der Waals surface area contributed by atoms with Gasteiger partial charge in [-0.25, -0.2) is 4.39 Å². The fraction of sp³-hybridized carbons (Fsp3) is 0.594. The third-order valence-electron chi connectivity index (χ3n) is 9.11. The van der Waals surface area contributed by atoms with Crippen LogP contribution in [-0.2, 0) is 11.2 Å². The Morgan fingerprint density at radius 2 is 1.78 bits per heavy atom. The van der Waals surface area contributed by atoms with Crippen molar-refractivity contribution in [2.24, 2.45) is 17.8 Å². The molecule has 0 spiro atoms. The number of rotatable bonds is 11. The first-order valence-electron chi connectivity index (χ1n) is 14.4. The number of carbonyl (C=O) groups is 1. The second-order valence-corrected chi connectivity index (χ2v) is 12.0.